The third-order valence-corrected chi connectivity index (χ3v) is 4.35. The maximum Gasteiger partial charge on any atom is 0.225 e. The first kappa shape index (κ1) is 11.9. The molecule has 0 aromatic heterocycles. The summed E-state index contributed by atoms with van der Waals surface area (Å²) in [5, 5.41) is 0. The van der Waals surface area contributed by atoms with Crippen molar-refractivity contribution in [1.82, 2.24) is 4.90 Å². The van der Waals surface area contributed by atoms with E-state index in [4.69, 9.17) is 5.73 Å². The fourth-order valence-electron chi connectivity index (χ4n) is 3.17. The van der Waals surface area contributed by atoms with E-state index in [0.717, 1.165) is 38.8 Å². The standard InChI is InChI=1S/C13H24N2O/c1-2-10-7-8-15(9-12(10)14)13(16)11-5-3-4-6-11/h10-12H,2-9,14H2,1H3. The van der Waals surface area contributed by atoms with Crippen molar-refractivity contribution in [3.63, 3.8) is 0 Å². The molecule has 3 heteroatoms. The Bertz CT molecular complexity index is 248. The average molecular weight is 224 g/mol. The number of likely N-dealkylation sites (tertiary alicyclic amines) is 1. The molecule has 1 amide bonds. The van der Waals surface area contributed by atoms with Crippen LogP contribution in [0.2, 0.25) is 0 Å². The molecular weight excluding hydrogens is 200 g/mol. The van der Waals surface area contributed by atoms with Gasteiger partial charge >= 0.3 is 0 Å². The van der Waals surface area contributed by atoms with E-state index < -0.39 is 0 Å². The van der Waals surface area contributed by atoms with Crippen molar-refractivity contribution in [2.45, 2.75) is 51.5 Å². The van der Waals surface area contributed by atoms with Gasteiger partial charge in [0.05, 0.1) is 0 Å². The number of nitrogens with zero attached hydrogens (tertiary/aromatic N) is 1. The van der Waals surface area contributed by atoms with Gasteiger partial charge in [0.2, 0.25) is 5.91 Å². The number of nitrogens with two attached hydrogens (primary N) is 1. The van der Waals surface area contributed by atoms with Gasteiger partial charge in [-0.15, -0.1) is 0 Å². The van der Waals surface area contributed by atoms with Gasteiger partial charge in [-0.05, 0) is 25.2 Å². The second kappa shape index (κ2) is 5.17. The third-order valence-electron chi connectivity index (χ3n) is 4.35. The molecule has 1 aliphatic carbocycles. The zero-order chi connectivity index (χ0) is 11.5. The van der Waals surface area contributed by atoms with E-state index >= 15 is 0 Å². The molecule has 2 N–H and O–H groups in total. The molecule has 92 valence electrons. The van der Waals surface area contributed by atoms with Crippen LogP contribution in [0.25, 0.3) is 0 Å². The largest absolute Gasteiger partial charge is 0.341 e. The fraction of sp³-hybridized carbons (Fsp3) is 0.923. The minimum Gasteiger partial charge on any atom is -0.341 e. The molecule has 0 spiro atoms. The summed E-state index contributed by atoms with van der Waals surface area (Å²) in [6.45, 7) is 3.91. The Morgan fingerprint density at radius 3 is 2.56 bits per heavy atom. The van der Waals surface area contributed by atoms with E-state index in [1.165, 1.54) is 12.8 Å². The van der Waals surface area contributed by atoms with Crippen LogP contribution in [0, 0.1) is 11.8 Å². The van der Waals surface area contributed by atoms with Crippen molar-refractivity contribution in [2.24, 2.45) is 17.6 Å². The number of amides is 1. The lowest BCUT2D eigenvalue weighted by atomic mass is 9.89. The van der Waals surface area contributed by atoms with Crippen molar-refractivity contribution >= 4 is 5.91 Å². The highest BCUT2D eigenvalue weighted by molar-refractivity contribution is 5.79. The maximum atomic E-state index is 12.2. The molecule has 2 fully saturated rings. The molecule has 1 heterocycles. The predicted octanol–water partition coefficient (Wildman–Crippen LogP) is 1.76. The Morgan fingerprint density at radius 1 is 1.31 bits per heavy atom. The Kier molecular flexibility index (Phi) is 3.85. The molecule has 3 nitrogen and oxygen atoms in total. The first-order valence-corrected chi connectivity index (χ1v) is 6.76. The molecule has 2 aliphatic rings. The summed E-state index contributed by atoms with van der Waals surface area (Å²) in [4.78, 5) is 14.2. The van der Waals surface area contributed by atoms with Gasteiger partial charge in [0.1, 0.15) is 0 Å². The second-order valence-corrected chi connectivity index (χ2v) is 5.39. The smallest absolute Gasteiger partial charge is 0.225 e. The first-order chi connectivity index (χ1) is 7.72. The van der Waals surface area contributed by atoms with Crippen LogP contribution < -0.4 is 5.73 Å². The summed E-state index contributed by atoms with van der Waals surface area (Å²) in [6, 6.07) is 0.198. The summed E-state index contributed by atoms with van der Waals surface area (Å²) in [5.74, 6) is 1.31. The lowest BCUT2D eigenvalue weighted by Crippen LogP contribution is -2.51. The zero-order valence-electron chi connectivity index (χ0n) is 10.3. The predicted molar refractivity (Wildman–Crippen MR) is 64.9 cm³/mol. The second-order valence-electron chi connectivity index (χ2n) is 5.39. The Labute approximate surface area is 98.4 Å². The lowest BCUT2D eigenvalue weighted by Gasteiger charge is -2.37. The van der Waals surface area contributed by atoms with Crippen molar-refractivity contribution in [3.8, 4) is 0 Å². The maximum absolute atomic E-state index is 12.2. The van der Waals surface area contributed by atoms with Crippen LogP contribution in [0.5, 0.6) is 0 Å². The van der Waals surface area contributed by atoms with Crippen LogP contribution in [0.1, 0.15) is 45.4 Å². The van der Waals surface area contributed by atoms with Gasteiger partial charge in [-0.2, -0.15) is 0 Å². The van der Waals surface area contributed by atoms with Gasteiger partial charge < -0.3 is 10.6 Å². The van der Waals surface area contributed by atoms with Crippen molar-refractivity contribution in [3.05, 3.63) is 0 Å². The molecule has 16 heavy (non-hydrogen) atoms. The van der Waals surface area contributed by atoms with Crippen molar-refractivity contribution in [1.29, 1.82) is 0 Å². The Balaban J connectivity index is 1.88. The minimum atomic E-state index is 0.198. The number of carbonyl (C=O) groups is 1. The minimum absolute atomic E-state index is 0.198. The van der Waals surface area contributed by atoms with Crippen molar-refractivity contribution in [2.75, 3.05) is 13.1 Å². The molecular formula is C13H24N2O. The molecule has 0 bridgehead atoms. The quantitative estimate of drug-likeness (QED) is 0.777. The van der Waals surface area contributed by atoms with Crippen LogP contribution >= 0.6 is 0 Å². The van der Waals surface area contributed by atoms with Gasteiger partial charge in [0, 0.05) is 25.0 Å². The van der Waals surface area contributed by atoms with Gasteiger partial charge in [-0.3, -0.25) is 4.79 Å². The van der Waals surface area contributed by atoms with E-state index in [1.54, 1.807) is 0 Å². The van der Waals surface area contributed by atoms with Crippen LogP contribution in [0.15, 0.2) is 0 Å². The van der Waals surface area contributed by atoms with E-state index in [0.29, 0.717) is 17.7 Å². The van der Waals surface area contributed by atoms with Gasteiger partial charge in [0.25, 0.3) is 0 Å². The van der Waals surface area contributed by atoms with Gasteiger partial charge in [0.15, 0.2) is 0 Å². The molecule has 0 radical (unpaired) electrons. The topological polar surface area (TPSA) is 46.3 Å². The summed E-state index contributed by atoms with van der Waals surface area (Å²) in [6.07, 6.45) is 6.90. The molecule has 0 aromatic carbocycles. The highest BCUT2D eigenvalue weighted by Gasteiger charge is 2.32. The zero-order valence-corrected chi connectivity index (χ0v) is 10.3. The van der Waals surface area contributed by atoms with Crippen LogP contribution in [0.4, 0.5) is 0 Å². The summed E-state index contributed by atoms with van der Waals surface area (Å²) < 4.78 is 0. The number of hydrogen-bond donors (Lipinski definition) is 1. The molecule has 1 aliphatic heterocycles. The molecule has 2 atom stereocenters. The van der Waals surface area contributed by atoms with Crippen LogP contribution in [0.3, 0.4) is 0 Å². The van der Waals surface area contributed by atoms with Crippen LogP contribution in [-0.4, -0.2) is 29.9 Å². The average Bonchev–Trinajstić information content (AvgIpc) is 2.81. The van der Waals surface area contributed by atoms with E-state index in [-0.39, 0.29) is 6.04 Å². The molecule has 1 saturated heterocycles. The molecule has 0 aromatic rings. The monoisotopic (exact) mass is 224 g/mol. The van der Waals surface area contributed by atoms with Crippen molar-refractivity contribution < 1.29 is 4.79 Å². The first-order valence-electron chi connectivity index (χ1n) is 6.76. The van der Waals surface area contributed by atoms with E-state index in [1.807, 2.05) is 4.90 Å². The molecule has 2 unspecified atom stereocenters. The fourth-order valence-corrected chi connectivity index (χ4v) is 3.17. The van der Waals surface area contributed by atoms with E-state index in [2.05, 4.69) is 6.92 Å². The number of piperidine rings is 1. The normalized spacial score (nSPS) is 32.0. The number of carbonyl (C=O) groups excluding carboxylic acids is 1. The molecule has 2 rings (SSSR count). The summed E-state index contributed by atoms with van der Waals surface area (Å²) in [5.41, 5.74) is 6.12. The summed E-state index contributed by atoms with van der Waals surface area (Å²) in [7, 11) is 0. The Morgan fingerprint density at radius 2 is 2.00 bits per heavy atom. The number of hydrogen-bond acceptors (Lipinski definition) is 2. The van der Waals surface area contributed by atoms with Gasteiger partial charge in [-0.1, -0.05) is 26.2 Å². The Hall–Kier alpha value is -0.570. The third kappa shape index (κ3) is 2.40. The van der Waals surface area contributed by atoms with Crippen LogP contribution in [-0.2, 0) is 4.79 Å². The molecule has 1 saturated carbocycles. The van der Waals surface area contributed by atoms with Gasteiger partial charge in [-0.25, -0.2) is 0 Å². The highest BCUT2D eigenvalue weighted by Crippen LogP contribution is 2.28. The van der Waals surface area contributed by atoms with E-state index in [9.17, 15) is 4.79 Å². The highest BCUT2D eigenvalue weighted by atomic mass is 16.2. The number of rotatable bonds is 2. The SMILES string of the molecule is CCC1CCN(C(=O)C2CCCC2)CC1N. The lowest BCUT2D eigenvalue weighted by molar-refractivity contribution is -0.137. The summed E-state index contributed by atoms with van der Waals surface area (Å²) >= 11 is 0.